The standard InChI is InChI=1S/C16H21N3O4S/c1-24(21,22)19-7-6-12-2-3-14-11-15(5-4-13(14)10-12)23-9-8-18-16(17)20/h2-5,10-11,19H,6-9H2,1H3,(H3,17,18,20). The Bertz CT molecular complexity index is 821. The van der Waals surface area contributed by atoms with Crippen molar-refractivity contribution in [3.8, 4) is 5.75 Å². The van der Waals surface area contributed by atoms with Gasteiger partial charge in [-0.3, -0.25) is 0 Å². The van der Waals surface area contributed by atoms with Gasteiger partial charge in [0.25, 0.3) is 0 Å². The minimum Gasteiger partial charge on any atom is -0.492 e. The van der Waals surface area contributed by atoms with Gasteiger partial charge < -0.3 is 15.8 Å². The molecule has 0 aliphatic carbocycles. The Hall–Kier alpha value is -2.32. The Balaban J connectivity index is 1.96. The number of rotatable bonds is 8. The molecule has 2 aromatic carbocycles. The lowest BCUT2D eigenvalue weighted by atomic mass is 10.0. The van der Waals surface area contributed by atoms with Crippen molar-refractivity contribution in [1.29, 1.82) is 0 Å². The molecule has 0 unspecified atom stereocenters. The molecule has 24 heavy (non-hydrogen) atoms. The number of carbonyl (C=O) groups is 1. The van der Waals surface area contributed by atoms with Gasteiger partial charge in [0.2, 0.25) is 10.0 Å². The molecule has 0 bridgehead atoms. The predicted octanol–water partition coefficient (Wildman–Crippen LogP) is 0.979. The topological polar surface area (TPSA) is 111 Å². The van der Waals surface area contributed by atoms with Gasteiger partial charge in [0.05, 0.1) is 12.8 Å². The Morgan fingerprint density at radius 3 is 2.54 bits per heavy atom. The zero-order valence-electron chi connectivity index (χ0n) is 13.4. The first kappa shape index (κ1) is 18.0. The Morgan fingerprint density at radius 1 is 1.12 bits per heavy atom. The fourth-order valence-corrected chi connectivity index (χ4v) is 2.72. The van der Waals surface area contributed by atoms with Gasteiger partial charge in [-0.15, -0.1) is 0 Å². The van der Waals surface area contributed by atoms with E-state index < -0.39 is 16.1 Å². The van der Waals surface area contributed by atoms with E-state index in [9.17, 15) is 13.2 Å². The number of ether oxygens (including phenoxy) is 1. The lowest BCUT2D eigenvalue weighted by Crippen LogP contribution is -2.32. The summed E-state index contributed by atoms with van der Waals surface area (Å²) in [5.74, 6) is 0.709. The van der Waals surface area contributed by atoms with Crippen molar-refractivity contribution in [3.63, 3.8) is 0 Å². The monoisotopic (exact) mass is 351 g/mol. The number of hydrogen-bond acceptors (Lipinski definition) is 4. The molecular formula is C16H21N3O4S. The smallest absolute Gasteiger partial charge is 0.312 e. The number of sulfonamides is 1. The van der Waals surface area contributed by atoms with E-state index in [-0.39, 0.29) is 0 Å². The van der Waals surface area contributed by atoms with Crippen molar-refractivity contribution in [2.24, 2.45) is 5.73 Å². The maximum absolute atomic E-state index is 11.1. The summed E-state index contributed by atoms with van der Waals surface area (Å²) in [5.41, 5.74) is 6.03. The zero-order valence-corrected chi connectivity index (χ0v) is 14.2. The van der Waals surface area contributed by atoms with E-state index in [1.54, 1.807) is 0 Å². The van der Waals surface area contributed by atoms with Crippen molar-refractivity contribution < 1.29 is 17.9 Å². The molecule has 2 aromatic rings. The largest absolute Gasteiger partial charge is 0.492 e. The summed E-state index contributed by atoms with van der Waals surface area (Å²) in [4.78, 5) is 10.6. The van der Waals surface area contributed by atoms with Crippen molar-refractivity contribution in [3.05, 3.63) is 42.0 Å². The first-order valence-corrected chi connectivity index (χ1v) is 9.36. The molecule has 0 aromatic heterocycles. The minimum atomic E-state index is -3.16. The molecule has 0 saturated carbocycles. The maximum Gasteiger partial charge on any atom is 0.312 e. The summed E-state index contributed by atoms with van der Waals surface area (Å²) < 4.78 is 30.2. The highest BCUT2D eigenvalue weighted by Gasteiger charge is 2.03. The zero-order chi connectivity index (χ0) is 17.6. The van der Waals surface area contributed by atoms with Gasteiger partial charge in [0.1, 0.15) is 12.4 Å². The van der Waals surface area contributed by atoms with Gasteiger partial charge in [0.15, 0.2) is 0 Å². The van der Waals surface area contributed by atoms with Crippen LogP contribution in [0, 0.1) is 0 Å². The fourth-order valence-electron chi connectivity index (χ4n) is 2.24. The summed E-state index contributed by atoms with van der Waals surface area (Å²) in [6, 6.07) is 11.1. The SMILES string of the molecule is CS(=O)(=O)NCCc1ccc2cc(OCCNC(N)=O)ccc2c1. The molecule has 2 rings (SSSR count). The number of primary amides is 1. The highest BCUT2D eigenvalue weighted by molar-refractivity contribution is 7.88. The first-order valence-electron chi connectivity index (χ1n) is 7.47. The molecule has 0 radical (unpaired) electrons. The summed E-state index contributed by atoms with van der Waals surface area (Å²) >= 11 is 0. The van der Waals surface area contributed by atoms with Crippen LogP contribution in [0.25, 0.3) is 10.8 Å². The van der Waals surface area contributed by atoms with Gasteiger partial charge in [-0.2, -0.15) is 0 Å². The van der Waals surface area contributed by atoms with Gasteiger partial charge in [-0.25, -0.2) is 17.9 Å². The number of hydrogen-bond donors (Lipinski definition) is 3. The molecule has 8 heteroatoms. The van der Waals surface area contributed by atoms with Crippen molar-refractivity contribution in [1.82, 2.24) is 10.0 Å². The van der Waals surface area contributed by atoms with Crippen LogP contribution in [0.4, 0.5) is 4.79 Å². The van der Waals surface area contributed by atoms with Crippen LogP contribution < -0.4 is 20.5 Å². The molecule has 130 valence electrons. The van der Waals surface area contributed by atoms with Crippen LogP contribution in [-0.4, -0.2) is 40.4 Å². The number of urea groups is 1. The molecule has 2 amide bonds. The van der Waals surface area contributed by atoms with E-state index in [0.29, 0.717) is 31.9 Å². The average molecular weight is 351 g/mol. The molecule has 0 spiro atoms. The van der Waals surface area contributed by atoms with E-state index in [0.717, 1.165) is 22.6 Å². The van der Waals surface area contributed by atoms with E-state index in [2.05, 4.69) is 10.0 Å². The normalized spacial score (nSPS) is 11.4. The third-order valence-corrected chi connectivity index (χ3v) is 4.05. The van der Waals surface area contributed by atoms with E-state index >= 15 is 0 Å². The molecule has 0 aliphatic rings. The fraction of sp³-hybridized carbons (Fsp3) is 0.312. The van der Waals surface area contributed by atoms with Gasteiger partial charge in [-0.05, 0) is 34.9 Å². The van der Waals surface area contributed by atoms with Gasteiger partial charge in [-0.1, -0.05) is 24.3 Å². The second-order valence-corrected chi connectivity index (χ2v) is 7.23. The number of nitrogens with two attached hydrogens (primary N) is 1. The summed E-state index contributed by atoms with van der Waals surface area (Å²) in [7, 11) is -3.16. The number of fused-ring (bicyclic) bond motifs is 1. The molecule has 7 nitrogen and oxygen atoms in total. The maximum atomic E-state index is 11.1. The first-order chi connectivity index (χ1) is 11.3. The minimum absolute atomic E-state index is 0.337. The average Bonchev–Trinajstić information content (AvgIpc) is 2.50. The number of nitrogens with one attached hydrogen (secondary N) is 2. The highest BCUT2D eigenvalue weighted by atomic mass is 32.2. The summed E-state index contributed by atoms with van der Waals surface area (Å²) in [6.07, 6.45) is 1.77. The Labute approximate surface area is 141 Å². The van der Waals surface area contributed by atoms with Crippen LogP contribution in [-0.2, 0) is 16.4 Å². The lowest BCUT2D eigenvalue weighted by molar-refractivity contribution is 0.244. The van der Waals surface area contributed by atoms with Crippen LogP contribution in [0.3, 0.4) is 0 Å². The molecule has 0 heterocycles. The van der Waals surface area contributed by atoms with E-state index in [1.807, 2.05) is 36.4 Å². The molecule has 0 atom stereocenters. The third kappa shape index (κ3) is 6.05. The van der Waals surface area contributed by atoms with E-state index in [1.165, 1.54) is 0 Å². The Morgan fingerprint density at radius 2 is 1.83 bits per heavy atom. The van der Waals surface area contributed by atoms with Crippen LogP contribution in [0.5, 0.6) is 5.75 Å². The molecule has 0 aliphatic heterocycles. The summed E-state index contributed by atoms with van der Waals surface area (Å²) in [5, 5.41) is 4.53. The molecule has 0 saturated heterocycles. The number of carbonyl (C=O) groups excluding carboxylic acids is 1. The quantitative estimate of drug-likeness (QED) is 0.616. The van der Waals surface area contributed by atoms with E-state index in [4.69, 9.17) is 10.5 Å². The Kier molecular flexibility index (Phi) is 5.99. The summed E-state index contributed by atoms with van der Waals surface area (Å²) in [6.45, 7) is 1.06. The highest BCUT2D eigenvalue weighted by Crippen LogP contribution is 2.22. The van der Waals surface area contributed by atoms with Crippen LogP contribution in [0.15, 0.2) is 36.4 Å². The van der Waals surface area contributed by atoms with Crippen LogP contribution >= 0.6 is 0 Å². The molecule has 0 fully saturated rings. The molecule has 4 N–H and O–H groups in total. The number of benzene rings is 2. The van der Waals surface area contributed by atoms with Crippen molar-refractivity contribution in [2.45, 2.75) is 6.42 Å². The van der Waals surface area contributed by atoms with Crippen molar-refractivity contribution in [2.75, 3.05) is 26.0 Å². The van der Waals surface area contributed by atoms with Crippen LogP contribution in [0.2, 0.25) is 0 Å². The second kappa shape index (κ2) is 7.98. The lowest BCUT2D eigenvalue weighted by Gasteiger charge is -2.09. The van der Waals surface area contributed by atoms with Gasteiger partial charge in [0, 0.05) is 6.54 Å². The van der Waals surface area contributed by atoms with Crippen LogP contribution in [0.1, 0.15) is 5.56 Å². The third-order valence-electron chi connectivity index (χ3n) is 3.32. The number of amides is 2. The predicted molar refractivity (Wildman–Crippen MR) is 93.6 cm³/mol. The van der Waals surface area contributed by atoms with Gasteiger partial charge >= 0.3 is 6.03 Å². The molecular weight excluding hydrogens is 330 g/mol. The van der Waals surface area contributed by atoms with Crippen molar-refractivity contribution >= 4 is 26.8 Å². The second-order valence-electron chi connectivity index (χ2n) is 5.40.